The number of piperazine rings is 1. The second kappa shape index (κ2) is 6.99. The van der Waals surface area contributed by atoms with Gasteiger partial charge in [-0.3, -0.25) is 4.90 Å². The first-order valence-electron chi connectivity index (χ1n) is 7.67. The van der Waals surface area contributed by atoms with Crippen molar-refractivity contribution in [2.45, 2.75) is 12.7 Å². The predicted octanol–water partition coefficient (Wildman–Crippen LogP) is 4.08. The van der Waals surface area contributed by atoms with Gasteiger partial charge in [-0.15, -0.1) is 0 Å². The van der Waals surface area contributed by atoms with Crippen molar-refractivity contribution in [3.8, 4) is 0 Å². The van der Waals surface area contributed by atoms with Gasteiger partial charge in [0, 0.05) is 44.6 Å². The fraction of sp³-hybridized carbons (Fsp3) is 0.353. The number of nitrogens with zero attached hydrogens (tertiary/aromatic N) is 3. The van der Waals surface area contributed by atoms with Crippen molar-refractivity contribution < 1.29 is 13.2 Å². The largest absolute Gasteiger partial charge is 0.416 e. The average molecular weight is 356 g/mol. The van der Waals surface area contributed by atoms with Gasteiger partial charge in [-0.1, -0.05) is 17.7 Å². The highest BCUT2D eigenvalue weighted by Crippen LogP contribution is 2.31. The Morgan fingerprint density at radius 3 is 2.46 bits per heavy atom. The molecule has 2 heterocycles. The van der Waals surface area contributed by atoms with Crippen LogP contribution in [0.5, 0.6) is 0 Å². The van der Waals surface area contributed by atoms with Crippen LogP contribution in [0.1, 0.15) is 11.1 Å². The highest BCUT2D eigenvalue weighted by atomic mass is 35.5. The van der Waals surface area contributed by atoms with Gasteiger partial charge in [0.05, 0.1) is 5.56 Å². The first-order chi connectivity index (χ1) is 11.4. The highest BCUT2D eigenvalue weighted by Gasteiger charge is 2.31. The molecule has 0 amide bonds. The molecule has 0 saturated carbocycles. The van der Waals surface area contributed by atoms with E-state index in [1.165, 1.54) is 12.1 Å². The maximum atomic E-state index is 12.8. The molecule has 3 rings (SSSR count). The van der Waals surface area contributed by atoms with Gasteiger partial charge in [-0.25, -0.2) is 4.98 Å². The number of alkyl halides is 3. The van der Waals surface area contributed by atoms with E-state index in [4.69, 9.17) is 11.6 Å². The van der Waals surface area contributed by atoms with Gasteiger partial charge in [0.2, 0.25) is 0 Å². The lowest BCUT2D eigenvalue weighted by atomic mass is 10.1. The van der Waals surface area contributed by atoms with E-state index in [0.29, 0.717) is 23.9 Å². The zero-order valence-corrected chi connectivity index (χ0v) is 13.7. The van der Waals surface area contributed by atoms with E-state index in [2.05, 4.69) is 9.88 Å². The smallest absolute Gasteiger partial charge is 0.369 e. The van der Waals surface area contributed by atoms with E-state index < -0.39 is 11.7 Å². The Labute approximate surface area is 143 Å². The first kappa shape index (κ1) is 17.0. The third kappa shape index (κ3) is 4.19. The van der Waals surface area contributed by atoms with Gasteiger partial charge < -0.3 is 4.90 Å². The van der Waals surface area contributed by atoms with Gasteiger partial charge in [-0.05, 0) is 35.9 Å². The molecular formula is C17H17ClF3N3. The summed E-state index contributed by atoms with van der Waals surface area (Å²) >= 11 is 5.89. The average Bonchev–Trinajstić information content (AvgIpc) is 2.55. The maximum absolute atomic E-state index is 12.8. The molecule has 1 aliphatic heterocycles. The number of halogens is 4. The molecule has 24 heavy (non-hydrogen) atoms. The van der Waals surface area contributed by atoms with Crippen LogP contribution in [0.3, 0.4) is 0 Å². The fourth-order valence-electron chi connectivity index (χ4n) is 2.84. The Kier molecular flexibility index (Phi) is 4.96. The number of anilines is 1. The third-order valence-corrected chi connectivity index (χ3v) is 4.31. The Bertz CT molecular complexity index is 697. The van der Waals surface area contributed by atoms with Crippen LogP contribution in [0.15, 0.2) is 42.6 Å². The topological polar surface area (TPSA) is 19.4 Å². The third-order valence-electron chi connectivity index (χ3n) is 4.11. The molecule has 2 aromatic rings. The second-order valence-electron chi connectivity index (χ2n) is 5.80. The monoisotopic (exact) mass is 355 g/mol. The van der Waals surface area contributed by atoms with Crippen molar-refractivity contribution in [3.63, 3.8) is 0 Å². The number of aromatic nitrogens is 1. The molecule has 0 aliphatic carbocycles. The van der Waals surface area contributed by atoms with Gasteiger partial charge in [0.15, 0.2) is 0 Å². The molecular weight excluding hydrogens is 339 g/mol. The van der Waals surface area contributed by atoms with Gasteiger partial charge in [-0.2, -0.15) is 13.2 Å². The van der Waals surface area contributed by atoms with Crippen LogP contribution in [-0.4, -0.2) is 36.1 Å². The molecule has 1 saturated heterocycles. The van der Waals surface area contributed by atoms with Crippen molar-refractivity contribution in [3.05, 3.63) is 58.9 Å². The van der Waals surface area contributed by atoms with Crippen LogP contribution in [0, 0.1) is 0 Å². The molecule has 128 valence electrons. The molecule has 0 bridgehead atoms. The van der Waals surface area contributed by atoms with Crippen LogP contribution >= 0.6 is 11.6 Å². The van der Waals surface area contributed by atoms with E-state index in [-0.39, 0.29) is 0 Å². The summed E-state index contributed by atoms with van der Waals surface area (Å²) in [6.07, 6.45) is -2.63. The van der Waals surface area contributed by atoms with Gasteiger partial charge in [0.1, 0.15) is 5.15 Å². The Morgan fingerprint density at radius 2 is 1.79 bits per heavy atom. The zero-order valence-electron chi connectivity index (χ0n) is 12.9. The molecule has 0 radical (unpaired) electrons. The summed E-state index contributed by atoms with van der Waals surface area (Å²) in [6.45, 7) is 3.73. The summed E-state index contributed by atoms with van der Waals surface area (Å²) in [5.74, 6) is 0. The normalized spacial score (nSPS) is 16.4. The van der Waals surface area contributed by atoms with E-state index in [9.17, 15) is 13.2 Å². The maximum Gasteiger partial charge on any atom is 0.416 e. The van der Waals surface area contributed by atoms with Crippen molar-refractivity contribution in [1.82, 2.24) is 9.88 Å². The van der Waals surface area contributed by atoms with Crippen molar-refractivity contribution >= 4 is 17.3 Å². The van der Waals surface area contributed by atoms with E-state index in [1.807, 2.05) is 17.0 Å². The standard InChI is InChI=1S/C17H17ClF3N3/c18-16-10-13(4-5-22-16)12-23-6-8-24(9-7-23)15-3-1-2-14(11-15)17(19,20)21/h1-5,10-11H,6-9,12H2. The van der Waals surface area contributed by atoms with Crippen molar-refractivity contribution in [2.75, 3.05) is 31.1 Å². The highest BCUT2D eigenvalue weighted by molar-refractivity contribution is 6.29. The number of pyridine rings is 1. The zero-order chi connectivity index (χ0) is 17.2. The van der Waals surface area contributed by atoms with Crippen LogP contribution < -0.4 is 4.90 Å². The minimum Gasteiger partial charge on any atom is -0.369 e. The molecule has 1 aromatic heterocycles. The van der Waals surface area contributed by atoms with Crippen molar-refractivity contribution in [2.24, 2.45) is 0 Å². The minimum absolute atomic E-state index is 0.468. The van der Waals surface area contributed by atoms with E-state index in [1.54, 1.807) is 12.3 Å². The number of hydrogen-bond acceptors (Lipinski definition) is 3. The Hall–Kier alpha value is -1.79. The molecule has 0 spiro atoms. The molecule has 7 heteroatoms. The van der Waals surface area contributed by atoms with E-state index >= 15 is 0 Å². The first-order valence-corrected chi connectivity index (χ1v) is 8.04. The fourth-order valence-corrected chi connectivity index (χ4v) is 3.04. The lowest BCUT2D eigenvalue weighted by Gasteiger charge is -2.36. The minimum atomic E-state index is -4.31. The lowest BCUT2D eigenvalue weighted by Crippen LogP contribution is -2.46. The van der Waals surface area contributed by atoms with Crippen LogP contribution in [-0.2, 0) is 12.7 Å². The molecule has 0 N–H and O–H groups in total. The molecule has 1 fully saturated rings. The number of benzene rings is 1. The summed E-state index contributed by atoms with van der Waals surface area (Å²) < 4.78 is 38.5. The molecule has 0 atom stereocenters. The molecule has 1 aromatic carbocycles. The predicted molar refractivity (Wildman–Crippen MR) is 88.2 cm³/mol. The summed E-state index contributed by atoms with van der Waals surface area (Å²) in [4.78, 5) is 8.21. The molecule has 1 aliphatic rings. The summed E-state index contributed by atoms with van der Waals surface area (Å²) in [6, 6.07) is 9.27. The van der Waals surface area contributed by atoms with Crippen molar-refractivity contribution in [1.29, 1.82) is 0 Å². The van der Waals surface area contributed by atoms with Crippen LogP contribution in [0.4, 0.5) is 18.9 Å². The van der Waals surface area contributed by atoms with Crippen LogP contribution in [0.2, 0.25) is 5.15 Å². The summed E-state index contributed by atoms with van der Waals surface area (Å²) in [5.41, 5.74) is 1.10. The van der Waals surface area contributed by atoms with Crippen LogP contribution in [0.25, 0.3) is 0 Å². The summed E-state index contributed by atoms with van der Waals surface area (Å²) in [5, 5.41) is 0.468. The number of hydrogen-bond donors (Lipinski definition) is 0. The summed E-state index contributed by atoms with van der Waals surface area (Å²) in [7, 11) is 0. The Balaban J connectivity index is 1.61. The lowest BCUT2D eigenvalue weighted by molar-refractivity contribution is -0.137. The Morgan fingerprint density at radius 1 is 1.04 bits per heavy atom. The SMILES string of the molecule is FC(F)(F)c1cccc(N2CCN(Cc3ccnc(Cl)c3)CC2)c1. The van der Waals surface area contributed by atoms with Gasteiger partial charge in [0.25, 0.3) is 0 Å². The molecule has 0 unspecified atom stereocenters. The molecule has 3 nitrogen and oxygen atoms in total. The number of rotatable bonds is 3. The van der Waals surface area contributed by atoms with Gasteiger partial charge >= 0.3 is 6.18 Å². The second-order valence-corrected chi connectivity index (χ2v) is 6.19. The van der Waals surface area contributed by atoms with E-state index in [0.717, 1.165) is 31.3 Å². The quantitative estimate of drug-likeness (QED) is 0.773.